The van der Waals surface area contributed by atoms with Crippen LogP contribution in [0.15, 0.2) is 24.7 Å². The Labute approximate surface area is 140 Å². The minimum Gasteiger partial charge on any atom is -0.496 e. The second-order valence-corrected chi connectivity index (χ2v) is 6.99. The molecule has 1 atom stereocenters. The van der Waals surface area contributed by atoms with Crippen LogP contribution in [0.4, 0.5) is 8.78 Å². The molecule has 0 bridgehead atoms. The van der Waals surface area contributed by atoms with E-state index in [1.807, 2.05) is 4.57 Å². The summed E-state index contributed by atoms with van der Waals surface area (Å²) in [6.45, 7) is 0. The minimum absolute atomic E-state index is 0.206. The van der Waals surface area contributed by atoms with Gasteiger partial charge in [0.1, 0.15) is 17.2 Å². The number of ether oxygens (including phenoxy) is 1. The van der Waals surface area contributed by atoms with Crippen LogP contribution in [0.1, 0.15) is 56.6 Å². The SMILES string of the molecule is COc1ccc(F)c2c1-c1cncn1C2CCC1(F)CCCCC1. The van der Waals surface area contributed by atoms with Crippen molar-refractivity contribution in [2.24, 2.45) is 0 Å². The Bertz CT molecular complexity index is 750. The summed E-state index contributed by atoms with van der Waals surface area (Å²) in [7, 11) is 1.58. The van der Waals surface area contributed by atoms with E-state index < -0.39 is 5.67 Å². The van der Waals surface area contributed by atoms with Gasteiger partial charge in [-0.15, -0.1) is 0 Å². The molecular formula is C19H22F2N2O. The zero-order chi connectivity index (χ0) is 16.7. The lowest BCUT2D eigenvalue weighted by atomic mass is 9.81. The lowest BCUT2D eigenvalue weighted by molar-refractivity contribution is 0.0901. The Hall–Kier alpha value is -1.91. The zero-order valence-electron chi connectivity index (χ0n) is 13.9. The van der Waals surface area contributed by atoms with E-state index in [0.717, 1.165) is 30.5 Å². The Kier molecular flexibility index (Phi) is 3.82. The van der Waals surface area contributed by atoms with E-state index >= 15 is 4.39 Å². The quantitative estimate of drug-likeness (QED) is 0.783. The van der Waals surface area contributed by atoms with Gasteiger partial charge in [-0.1, -0.05) is 19.3 Å². The van der Waals surface area contributed by atoms with Crippen LogP contribution in [0.5, 0.6) is 5.75 Å². The van der Waals surface area contributed by atoms with Crippen LogP contribution in [-0.2, 0) is 0 Å². The van der Waals surface area contributed by atoms with Crippen molar-refractivity contribution in [1.82, 2.24) is 9.55 Å². The number of fused-ring (bicyclic) bond motifs is 3. The van der Waals surface area contributed by atoms with Crippen LogP contribution in [0, 0.1) is 5.82 Å². The molecule has 1 aliphatic heterocycles. The first-order valence-electron chi connectivity index (χ1n) is 8.70. The van der Waals surface area contributed by atoms with E-state index in [4.69, 9.17) is 4.74 Å². The van der Waals surface area contributed by atoms with Crippen molar-refractivity contribution in [1.29, 1.82) is 0 Å². The van der Waals surface area contributed by atoms with Crippen LogP contribution in [0.2, 0.25) is 0 Å². The fourth-order valence-corrected chi connectivity index (χ4v) is 4.33. The summed E-state index contributed by atoms with van der Waals surface area (Å²) in [4.78, 5) is 4.20. The van der Waals surface area contributed by atoms with Crippen molar-refractivity contribution in [3.05, 3.63) is 36.0 Å². The largest absolute Gasteiger partial charge is 0.496 e. The number of hydrogen-bond donors (Lipinski definition) is 0. The number of rotatable bonds is 4. The van der Waals surface area contributed by atoms with Gasteiger partial charge >= 0.3 is 0 Å². The second-order valence-electron chi connectivity index (χ2n) is 6.99. The van der Waals surface area contributed by atoms with Crippen LogP contribution in [-0.4, -0.2) is 22.3 Å². The Balaban J connectivity index is 1.68. The van der Waals surface area contributed by atoms with E-state index in [1.54, 1.807) is 25.7 Å². The van der Waals surface area contributed by atoms with Gasteiger partial charge in [0.25, 0.3) is 0 Å². The van der Waals surface area contributed by atoms with E-state index in [0.29, 0.717) is 37.0 Å². The first-order chi connectivity index (χ1) is 11.6. The van der Waals surface area contributed by atoms with E-state index in [2.05, 4.69) is 4.98 Å². The van der Waals surface area contributed by atoms with Gasteiger partial charge in [0.2, 0.25) is 0 Å². The topological polar surface area (TPSA) is 27.1 Å². The predicted molar refractivity (Wildman–Crippen MR) is 88.5 cm³/mol. The Morgan fingerprint density at radius 2 is 2.08 bits per heavy atom. The molecule has 0 amide bonds. The molecular weight excluding hydrogens is 310 g/mol. The maximum absolute atomic E-state index is 15.0. The van der Waals surface area contributed by atoms with E-state index in [1.165, 1.54) is 6.07 Å². The van der Waals surface area contributed by atoms with Gasteiger partial charge in [-0.25, -0.2) is 13.8 Å². The Morgan fingerprint density at radius 1 is 1.29 bits per heavy atom. The number of hydrogen-bond acceptors (Lipinski definition) is 2. The van der Waals surface area contributed by atoms with Crippen molar-refractivity contribution in [3.63, 3.8) is 0 Å². The molecule has 0 N–H and O–H groups in total. The number of aromatic nitrogens is 2. The van der Waals surface area contributed by atoms with Crippen molar-refractivity contribution >= 4 is 0 Å². The first-order valence-corrected chi connectivity index (χ1v) is 8.70. The lowest BCUT2D eigenvalue weighted by Gasteiger charge is -2.30. The maximum atomic E-state index is 15.0. The smallest absolute Gasteiger partial charge is 0.129 e. The molecule has 1 fully saturated rings. The molecule has 1 unspecified atom stereocenters. The molecule has 1 saturated carbocycles. The number of alkyl halides is 1. The molecule has 1 aromatic carbocycles. The van der Waals surface area contributed by atoms with Crippen LogP contribution >= 0.6 is 0 Å². The predicted octanol–water partition coefficient (Wildman–Crippen LogP) is 5.05. The summed E-state index contributed by atoms with van der Waals surface area (Å²) in [5.41, 5.74) is 1.13. The molecule has 128 valence electrons. The third-order valence-electron chi connectivity index (χ3n) is 5.58. The van der Waals surface area contributed by atoms with E-state index in [9.17, 15) is 4.39 Å². The van der Waals surface area contributed by atoms with Crippen LogP contribution in [0.3, 0.4) is 0 Å². The number of halogens is 2. The first kappa shape index (κ1) is 15.6. The molecule has 0 saturated heterocycles. The second kappa shape index (κ2) is 5.87. The Morgan fingerprint density at radius 3 is 2.83 bits per heavy atom. The number of imidazole rings is 1. The minimum atomic E-state index is -1.10. The van der Waals surface area contributed by atoms with Crippen molar-refractivity contribution < 1.29 is 13.5 Å². The molecule has 0 radical (unpaired) electrons. The molecule has 0 spiro atoms. The average Bonchev–Trinajstić information content (AvgIpc) is 3.16. The van der Waals surface area contributed by atoms with E-state index in [-0.39, 0.29) is 11.9 Å². The molecule has 2 aromatic rings. The average molecular weight is 332 g/mol. The van der Waals surface area contributed by atoms with Gasteiger partial charge < -0.3 is 9.30 Å². The van der Waals surface area contributed by atoms with Gasteiger partial charge in [-0.3, -0.25) is 0 Å². The molecule has 2 heterocycles. The number of benzene rings is 1. The van der Waals surface area contributed by atoms with Crippen LogP contribution in [0.25, 0.3) is 11.3 Å². The van der Waals surface area contributed by atoms with Gasteiger partial charge in [-0.05, 0) is 37.8 Å². The third-order valence-corrected chi connectivity index (χ3v) is 5.58. The highest BCUT2D eigenvalue weighted by atomic mass is 19.1. The summed E-state index contributed by atoms with van der Waals surface area (Å²) in [6.07, 6.45) is 8.77. The highest BCUT2D eigenvalue weighted by Gasteiger charge is 2.37. The lowest BCUT2D eigenvalue weighted by Crippen LogP contribution is -2.27. The molecule has 5 heteroatoms. The summed E-state index contributed by atoms with van der Waals surface area (Å²) in [5.74, 6) is 0.388. The molecule has 4 rings (SSSR count). The molecule has 2 aliphatic rings. The normalized spacial score (nSPS) is 21.4. The summed E-state index contributed by atoms with van der Waals surface area (Å²) < 4.78 is 37.0. The highest BCUT2D eigenvalue weighted by Crippen LogP contribution is 2.48. The monoisotopic (exact) mass is 332 g/mol. The molecule has 24 heavy (non-hydrogen) atoms. The number of methoxy groups -OCH3 is 1. The fourth-order valence-electron chi connectivity index (χ4n) is 4.33. The summed E-state index contributed by atoms with van der Waals surface area (Å²) in [5, 5.41) is 0. The van der Waals surface area contributed by atoms with Gasteiger partial charge in [-0.2, -0.15) is 0 Å². The van der Waals surface area contributed by atoms with Gasteiger partial charge in [0.05, 0.1) is 36.9 Å². The van der Waals surface area contributed by atoms with Crippen molar-refractivity contribution in [2.45, 2.75) is 56.7 Å². The fraction of sp³-hybridized carbons (Fsp3) is 0.526. The third kappa shape index (κ3) is 2.41. The summed E-state index contributed by atoms with van der Waals surface area (Å²) in [6, 6.07) is 2.88. The molecule has 1 aromatic heterocycles. The van der Waals surface area contributed by atoms with Gasteiger partial charge in [0, 0.05) is 5.56 Å². The maximum Gasteiger partial charge on any atom is 0.129 e. The van der Waals surface area contributed by atoms with Crippen LogP contribution < -0.4 is 4.74 Å². The summed E-state index contributed by atoms with van der Waals surface area (Å²) >= 11 is 0. The molecule has 1 aliphatic carbocycles. The zero-order valence-corrected chi connectivity index (χ0v) is 13.9. The number of nitrogens with zero attached hydrogens (tertiary/aromatic N) is 2. The van der Waals surface area contributed by atoms with Crippen molar-refractivity contribution in [2.75, 3.05) is 7.11 Å². The molecule has 3 nitrogen and oxygen atoms in total. The van der Waals surface area contributed by atoms with Crippen molar-refractivity contribution in [3.8, 4) is 17.0 Å². The highest BCUT2D eigenvalue weighted by molar-refractivity contribution is 5.75. The standard InChI is InChI=1S/C19H22F2N2O/c1-24-16-6-5-13(20)17-14(23-12-22-11-15(23)18(16)17)7-10-19(21)8-3-2-4-9-19/h5-6,11-12,14H,2-4,7-10H2,1H3. The van der Waals surface area contributed by atoms with Gasteiger partial charge in [0.15, 0.2) is 0 Å².